The summed E-state index contributed by atoms with van der Waals surface area (Å²) in [7, 11) is 0. The minimum Gasteiger partial charge on any atom is -0.487 e. The third-order valence-corrected chi connectivity index (χ3v) is 3.80. The highest BCUT2D eigenvalue weighted by molar-refractivity contribution is 6.45. The first-order chi connectivity index (χ1) is 10.7. The van der Waals surface area contributed by atoms with E-state index in [-0.39, 0.29) is 11.6 Å². The van der Waals surface area contributed by atoms with Crippen LogP contribution in [0.25, 0.3) is 0 Å². The Morgan fingerprint density at radius 1 is 1.14 bits per heavy atom. The van der Waals surface area contributed by atoms with E-state index in [2.05, 4.69) is 5.16 Å². The lowest BCUT2D eigenvalue weighted by Gasteiger charge is -2.12. The molecule has 0 saturated carbocycles. The molecule has 1 unspecified atom stereocenters. The first-order valence-corrected chi connectivity index (χ1v) is 7.13. The summed E-state index contributed by atoms with van der Waals surface area (Å²) in [6, 6.07) is 15.1. The van der Waals surface area contributed by atoms with Crippen LogP contribution in [0.1, 0.15) is 11.1 Å². The predicted octanol–water partition coefficient (Wildman–Crippen LogP) is 1.31. The summed E-state index contributed by atoms with van der Waals surface area (Å²) in [5.74, 6) is 0.593. The molecule has 0 saturated heterocycles. The number of rotatable bonds is 4. The zero-order valence-electron chi connectivity index (χ0n) is 12.2. The van der Waals surface area contributed by atoms with Crippen LogP contribution in [0.4, 0.5) is 5.69 Å². The van der Waals surface area contributed by atoms with E-state index in [1.54, 1.807) is 6.07 Å². The Labute approximate surface area is 128 Å². The zero-order valence-corrected chi connectivity index (χ0v) is 12.2. The van der Waals surface area contributed by atoms with Crippen molar-refractivity contribution in [2.24, 2.45) is 5.16 Å². The van der Waals surface area contributed by atoms with E-state index < -0.39 is 0 Å². The van der Waals surface area contributed by atoms with Crippen LogP contribution in [0.15, 0.2) is 53.7 Å². The lowest BCUT2D eigenvalue weighted by Crippen LogP contribution is -3.09. The van der Waals surface area contributed by atoms with E-state index in [0.717, 1.165) is 17.0 Å². The molecule has 0 bridgehead atoms. The van der Waals surface area contributed by atoms with Gasteiger partial charge >= 0.3 is 5.91 Å². The Morgan fingerprint density at radius 2 is 1.86 bits per heavy atom. The molecule has 1 aliphatic rings. The molecule has 5 heteroatoms. The second kappa shape index (κ2) is 5.99. The molecule has 1 atom stereocenters. The molecule has 112 valence electrons. The van der Waals surface area contributed by atoms with Crippen molar-refractivity contribution < 1.29 is 19.6 Å². The van der Waals surface area contributed by atoms with Gasteiger partial charge in [0, 0.05) is 6.07 Å². The summed E-state index contributed by atoms with van der Waals surface area (Å²) in [4.78, 5) is 13.0. The van der Waals surface area contributed by atoms with Crippen LogP contribution >= 0.6 is 0 Å². The van der Waals surface area contributed by atoms with Crippen molar-refractivity contribution >= 4 is 17.3 Å². The van der Waals surface area contributed by atoms with Crippen molar-refractivity contribution in [2.45, 2.75) is 6.92 Å². The maximum atomic E-state index is 12.3. The largest absolute Gasteiger partial charge is 0.487 e. The average molecular weight is 297 g/mol. The summed E-state index contributed by atoms with van der Waals surface area (Å²) in [6.45, 7) is 2.86. The number of benzene rings is 2. The van der Waals surface area contributed by atoms with Crippen molar-refractivity contribution in [1.82, 2.24) is 0 Å². The van der Waals surface area contributed by atoms with Crippen LogP contribution in [-0.4, -0.2) is 30.0 Å². The molecule has 0 fully saturated rings. The first kappa shape index (κ1) is 14.3. The number of carbonyl (C=O) groups is 1. The molecule has 3 rings (SSSR count). The van der Waals surface area contributed by atoms with Crippen molar-refractivity contribution in [1.29, 1.82) is 0 Å². The Bertz CT molecular complexity index is 740. The van der Waals surface area contributed by atoms with Gasteiger partial charge < -0.3 is 9.94 Å². The van der Waals surface area contributed by atoms with Gasteiger partial charge in [-0.05, 0) is 24.6 Å². The number of nitrogens with zero attached hydrogens (tertiary/aromatic N) is 1. The average Bonchev–Trinajstić information content (AvgIpc) is 2.81. The fourth-order valence-corrected chi connectivity index (χ4v) is 2.67. The summed E-state index contributed by atoms with van der Waals surface area (Å²) in [5, 5.41) is 12.2. The van der Waals surface area contributed by atoms with E-state index in [1.807, 2.05) is 49.4 Å². The molecule has 0 radical (unpaired) electrons. The predicted molar refractivity (Wildman–Crippen MR) is 81.9 cm³/mol. The molecule has 2 N–H and O–H groups in total. The maximum absolute atomic E-state index is 12.3. The SMILES string of the molecule is Cc1ccccc1OCC[NH+]1C(=O)C(=NO)c2ccccc21. The smallest absolute Gasteiger partial charge is 0.372 e. The highest BCUT2D eigenvalue weighted by Crippen LogP contribution is 2.18. The summed E-state index contributed by atoms with van der Waals surface area (Å²) in [6.07, 6.45) is 0. The van der Waals surface area contributed by atoms with Gasteiger partial charge in [0.05, 0.1) is 5.56 Å². The molecule has 2 aromatic carbocycles. The second-order valence-corrected chi connectivity index (χ2v) is 5.17. The van der Waals surface area contributed by atoms with E-state index in [0.29, 0.717) is 23.6 Å². The lowest BCUT2D eigenvalue weighted by molar-refractivity contribution is -0.742. The van der Waals surface area contributed by atoms with Crippen LogP contribution in [0.3, 0.4) is 0 Å². The summed E-state index contributed by atoms with van der Waals surface area (Å²) >= 11 is 0. The number of carbonyl (C=O) groups excluding carboxylic acids is 1. The Kier molecular flexibility index (Phi) is 3.89. The second-order valence-electron chi connectivity index (χ2n) is 5.17. The van der Waals surface area contributed by atoms with Crippen molar-refractivity contribution in [3.05, 3.63) is 59.7 Å². The van der Waals surface area contributed by atoms with E-state index in [9.17, 15) is 4.79 Å². The number of hydrogen-bond donors (Lipinski definition) is 2. The number of quaternary nitrogens is 1. The zero-order chi connectivity index (χ0) is 15.5. The maximum Gasteiger partial charge on any atom is 0.372 e. The van der Waals surface area contributed by atoms with Gasteiger partial charge in [-0.15, -0.1) is 0 Å². The van der Waals surface area contributed by atoms with Crippen LogP contribution in [0.5, 0.6) is 5.75 Å². The standard InChI is InChI=1S/C17H16N2O3/c1-12-6-2-5-9-15(12)22-11-10-19-14-8-4-3-7-13(14)16(18-21)17(19)20/h2-9,21H,10-11H2,1H3/p+1. The molecule has 2 aromatic rings. The number of hydrogen-bond acceptors (Lipinski definition) is 4. The molecule has 0 aromatic heterocycles. The first-order valence-electron chi connectivity index (χ1n) is 7.13. The third-order valence-electron chi connectivity index (χ3n) is 3.80. The number of nitrogens with one attached hydrogen (secondary N) is 1. The third kappa shape index (κ3) is 2.46. The summed E-state index contributed by atoms with van der Waals surface area (Å²) < 4.78 is 5.76. The monoisotopic (exact) mass is 297 g/mol. The van der Waals surface area contributed by atoms with Gasteiger partial charge in [-0.2, -0.15) is 0 Å². The van der Waals surface area contributed by atoms with Gasteiger partial charge in [0.2, 0.25) is 5.71 Å². The molecule has 22 heavy (non-hydrogen) atoms. The highest BCUT2D eigenvalue weighted by atomic mass is 16.5. The van der Waals surface area contributed by atoms with Gasteiger partial charge in [0.15, 0.2) is 0 Å². The normalized spacial score (nSPS) is 18.5. The number of amides is 1. The quantitative estimate of drug-likeness (QED) is 0.660. The van der Waals surface area contributed by atoms with E-state index >= 15 is 0 Å². The lowest BCUT2D eigenvalue weighted by atomic mass is 10.1. The molecule has 5 nitrogen and oxygen atoms in total. The highest BCUT2D eigenvalue weighted by Gasteiger charge is 2.40. The fourth-order valence-electron chi connectivity index (χ4n) is 2.67. The molecule has 1 aliphatic heterocycles. The van der Waals surface area contributed by atoms with Gasteiger partial charge in [-0.25, -0.2) is 9.69 Å². The van der Waals surface area contributed by atoms with E-state index in [4.69, 9.17) is 9.94 Å². The number of aryl methyl sites for hydroxylation is 1. The number of fused-ring (bicyclic) bond motifs is 1. The number of oxime groups is 1. The van der Waals surface area contributed by atoms with Crippen LogP contribution in [-0.2, 0) is 4.79 Å². The van der Waals surface area contributed by atoms with Crippen molar-refractivity contribution in [3.63, 3.8) is 0 Å². The fraction of sp³-hybridized carbons (Fsp3) is 0.176. The van der Waals surface area contributed by atoms with Crippen molar-refractivity contribution in [3.8, 4) is 5.75 Å². The van der Waals surface area contributed by atoms with Crippen LogP contribution in [0, 0.1) is 6.92 Å². The summed E-state index contributed by atoms with van der Waals surface area (Å²) in [5.41, 5.74) is 2.68. The van der Waals surface area contributed by atoms with Gasteiger partial charge in [0.1, 0.15) is 24.6 Å². The minimum atomic E-state index is -0.225. The van der Waals surface area contributed by atoms with Crippen LogP contribution in [0.2, 0.25) is 0 Å². The molecular weight excluding hydrogens is 280 g/mol. The van der Waals surface area contributed by atoms with Gasteiger partial charge in [0.25, 0.3) is 0 Å². The van der Waals surface area contributed by atoms with Crippen molar-refractivity contribution in [2.75, 3.05) is 13.2 Å². The molecule has 0 spiro atoms. The van der Waals surface area contributed by atoms with Crippen LogP contribution < -0.4 is 9.64 Å². The number of ether oxygens (including phenoxy) is 1. The molecule has 1 heterocycles. The van der Waals surface area contributed by atoms with Gasteiger partial charge in [-0.1, -0.05) is 35.5 Å². The van der Waals surface area contributed by atoms with Gasteiger partial charge in [-0.3, -0.25) is 0 Å². The Balaban J connectivity index is 1.74. The number of para-hydroxylation sites is 2. The molecular formula is C17H17N2O3+. The molecule has 0 aliphatic carbocycles. The van der Waals surface area contributed by atoms with E-state index in [1.165, 1.54) is 0 Å². The minimum absolute atomic E-state index is 0.112. The molecule has 1 amide bonds. The Morgan fingerprint density at radius 3 is 2.64 bits per heavy atom. The Hall–Kier alpha value is -2.66. The topological polar surface area (TPSA) is 63.3 Å².